The number of hydrogen-bond donors (Lipinski definition) is 1. The molecule has 1 rings (SSSR count). The second-order valence-electron chi connectivity index (χ2n) is 5.88. The van der Waals surface area contributed by atoms with Crippen LogP contribution in [0.1, 0.15) is 68.4 Å². The van der Waals surface area contributed by atoms with E-state index in [0.717, 1.165) is 29.8 Å². The molecule has 0 heterocycles. The number of carbonyl (C=O) groups excluding carboxylic acids is 1. The van der Waals surface area contributed by atoms with Gasteiger partial charge in [0.15, 0.2) is 5.78 Å². The third kappa shape index (κ3) is 4.66. The van der Waals surface area contributed by atoms with Gasteiger partial charge >= 0.3 is 0 Å². The molecular weight excluding hydrogens is 246 g/mol. The van der Waals surface area contributed by atoms with Crippen LogP contribution in [-0.2, 0) is 6.42 Å². The molecule has 0 saturated heterocycles. The van der Waals surface area contributed by atoms with E-state index in [0.29, 0.717) is 5.92 Å². The monoisotopic (exact) mass is 275 g/mol. The van der Waals surface area contributed by atoms with Crippen LogP contribution in [0, 0.1) is 12.8 Å². The maximum absolute atomic E-state index is 11.9. The minimum absolute atomic E-state index is 0.158. The fraction of sp³-hybridized carbons (Fsp3) is 0.611. The van der Waals surface area contributed by atoms with Crippen molar-refractivity contribution in [3.05, 3.63) is 28.8 Å². The van der Waals surface area contributed by atoms with E-state index in [1.54, 1.807) is 6.92 Å². The Bertz CT molecular complexity index is 451. The van der Waals surface area contributed by atoms with Gasteiger partial charge in [0.1, 0.15) is 0 Å². The van der Waals surface area contributed by atoms with Crippen LogP contribution in [0.3, 0.4) is 0 Å². The average Bonchev–Trinajstić information content (AvgIpc) is 2.41. The van der Waals surface area contributed by atoms with Gasteiger partial charge in [-0.05, 0) is 49.8 Å². The molecule has 112 valence electrons. The molecule has 1 aromatic rings. The predicted molar refractivity (Wildman–Crippen MR) is 87.7 cm³/mol. The molecule has 0 aliphatic rings. The number of carbonyl (C=O) groups is 1. The highest BCUT2D eigenvalue weighted by Gasteiger charge is 2.13. The number of unbranched alkanes of at least 4 members (excludes halogenated alkanes) is 1. The van der Waals surface area contributed by atoms with E-state index in [1.165, 1.54) is 24.8 Å². The normalized spacial score (nSPS) is 12.2. The SMILES string of the molecule is CCCCC(C)CNc1cc(C)cc(CC)c1C(C)=O. The van der Waals surface area contributed by atoms with Crippen molar-refractivity contribution >= 4 is 11.5 Å². The lowest BCUT2D eigenvalue weighted by molar-refractivity contribution is 0.101. The minimum atomic E-state index is 0.158. The molecule has 20 heavy (non-hydrogen) atoms. The van der Waals surface area contributed by atoms with E-state index >= 15 is 0 Å². The summed E-state index contributed by atoms with van der Waals surface area (Å²) >= 11 is 0. The van der Waals surface area contributed by atoms with Gasteiger partial charge in [-0.3, -0.25) is 4.79 Å². The fourth-order valence-corrected chi connectivity index (χ4v) is 2.63. The molecule has 1 unspecified atom stereocenters. The van der Waals surface area contributed by atoms with Crippen molar-refractivity contribution in [2.24, 2.45) is 5.92 Å². The lowest BCUT2D eigenvalue weighted by Crippen LogP contribution is -2.14. The summed E-state index contributed by atoms with van der Waals surface area (Å²) in [6, 6.07) is 4.23. The Hall–Kier alpha value is -1.31. The van der Waals surface area contributed by atoms with Crippen LogP contribution in [0.2, 0.25) is 0 Å². The zero-order chi connectivity index (χ0) is 15.1. The van der Waals surface area contributed by atoms with Gasteiger partial charge in [0, 0.05) is 17.8 Å². The highest BCUT2D eigenvalue weighted by atomic mass is 16.1. The van der Waals surface area contributed by atoms with Crippen molar-refractivity contribution in [3.8, 4) is 0 Å². The van der Waals surface area contributed by atoms with Gasteiger partial charge in [0.25, 0.3) is 0 Å². The number of rotatable bonds is 8. The van der Waals surface area contributed by atoms with Crippen LogP contribution in [0.5, 0.6) is 0 Å². The zero-order valence-corrected chi connectivity index (χ0v) is 13.7. The molecule has 0 radical (unpaired) electrons. The highest BCUT2D eigenvalue weighted by molar-refractivity contribution is 6.01. The van der Waals surface area contributed by atoms with Crippen molar-refractivity contribution in [1.29, 1.82) is 0 Å². The van der Waals surface area contributed by atoms with Gasteiger partial charge in [-0.2, -0.15) is 0 Å². The van der Waals surface area contributed by atoms with E-state index in [9.17, 15) is 4.79 Å². The standard InChI is InChI=1S/C18H29NO/c1-6-8-9-13(3)12-19-17-11-14(4)10-16(7-2)18(17)15(5)20/h10-11,13,19H,6-9,12H2,1-5H3. The van der Waals surface area contributed by atoms with E-state index in [-0.39, 0.29) is 5.78 Å². The summed E-state index contributed by atoms with van der Waals surface area (Å²) in [4.78, 5) is 11.9. The van der Waals surface area contributed by atoms with Crippen LogP contribution >= 0.6 is 0 Å². The third-order valence-corrected chi connectivity index (χ3v) is 3.79. The first-order valence-corrected chi connectivity index (χ1v) is 7.87. The molecule has 0 amide bonds. The number of ketones is 1. The third-order valence-electron chi connectivity index (χ3n) is 3.79. The second-order valence-corrected chi connectivity index (χ2v) is 5.88. The lowest BCUT2D eigenvalue weighted by atomic mass is 9.96. The predicted octanol–water partition coefficient (Wildman–Crippen LogP) is 5.00. The van der Waals surface area contributed by atoms with Crippen LogP contribution in [0.25, 0.3) is 0 Å². The number of aryl methyl sites for hydroxylation is 2. The van der Waals surface area contributed by atoms with E-state index in [2.05, 4.69) is 45.1 Å². The summed E-state index contributed by atoms with van der Waals surface area (Å²) in [5.74, 6) is 0.797. The minimum Gasteiger partial charge on any atom is -0.384 e. The van der Waals surface area contributed by atoms with Crippen LogP contribution in [-0.4, -0.2) is 12.3 Å². The van der Waals surface area contributed by atoms with E-state index in [4.69, 9.17) is 0 Å². The number of hydrogen-bond acceptors (Lipinski definition) is 2. The number of anilines is 1. The molecule has 0 spiro atoms. The number of benzene rings is 1. The molecule has 1 N–H and O–H groups in total. The molecule has 0 fully saturated rings. The Balaban J connectivity index is 2.88. The Labute approximate surface area is 124 Å². The fourth-order valence-electron chi connectivity index (χ4n) is 2.63. The van der Waals surface area contributed by atoms with Gasteiger partial charge in [-0.25, -0.2) is 0 Å². The summed E-state index contributed by atoms with van der Waals surface area (Å²) in [6.45, 7) is 11.3. The first-order valence-electron chi connectivity index (χ1n) is 7.87. The molecule has 0 saturated carbocycles. The first kappa shape index (κ1) is 16.7. The van der Waals surface area contributed by atoms with Gasteiger partial charge in [-0.15, -0.1) is 0 Å². The molecule has 1 atom stereocenters. The van der Waals surface area contributed by atoms with Crippen LogP contribution in [0.4, 0.5) is 5.69 Å². The first-order chi connectivity index (χ1) is 9.49. The van der Waals surface area contributed by atoms with Gasteiger partial charge in [0.05, 0.1) is 0 Å². The Morgan fingerprint density at radius 2 is 2.00 bits per heavy atom. The molecule has 2 heteroatoms. The average molecular weight is 275 g/mol. The quantitative estimate of drug-likeness (QED) is 0.676. The smallest absolute Gasteiger partial charge is 0.162 e. The Morgan fingerprint density at radius 1 is 1.30 bits per heavy atom. The van der Waals surface area contributed by atoms with Gasteiger partial charge in [0.2, 0.25) is 0 Å². The Kier molecular flexibility index (Phi) is 6.77. The highest BCUT2D eigenvalue weighted by Crippen LogP contribution is 2.24. The summed E-state index contributed by atoms with van der Waals surface area (Å²) in [6.07, 6.45) is 4.66. The molecular formula is C18H29NO. The summed E-state index contributed by atoms with van der Waals surface area (Å²) in [7, 11) is 0. The number of nitrogens with one attached hydrogen (secondary N) is 1. The molecule has 0 aliphatic carbocycles. The summed E-state index contributed by atoms with van der Waals surface area (Å²) < 4.78 is 0. The second kappa shape index (κ2) is 8.08. The van der Waals surface area contributed by atoms with Crippen LogP contribution < -0.4 is 5.32 Å². The van der Waals surface area contributed by atoms with Crippen LogP contribution in [0.15, 0.2) is 12.1 Å². The molecule has 0 aliphatic heterocycles. The summed E-state index contributed by atoms with van der Waals surface area (Å²) in [5.41, 5.74) is 4.26. The lowest BCUT2D eigenvalue weighted by Gasteiger charge is -2.18. The van der Waals surface area contributed by atoms with Crippen molar-refractivity contribution in [1.82, 2.24) is 0 Å². The van der Waals surface area contributed by atoms with Crippen molar-refractivity contribution in [3.63, 3.8) is 0 Å². The molecule has 1 aromatic carbocycles. The van der Waals surface area contributed by atoms with Crippen molar-refractivity contribution < 1.29 is 4.79 Å². The molecule has 2 nitrogen and oxygen atoms in total. The largest absolute Gasteiger partial charge is 0.384 e. The summed E-state index contributed by atoms with van der Waals surface area (Å²) in [5, 5.41) is 3.50. The maximum atomic E-state index is 11.9. The van der Waals surface area contributed by atoms with E-state index < -0.39 is 0 Å². The maximum Gasteiger partial charge on any atom is 0.162 e. The topological polar surface area (TPSA) is 29.1 Å². The Morgan fingerprint density at radius 3 is 2.55 bits per heavy atom. The van der Waals surface area contributed by atoms with Crippen molar-refractivity contribution in [2.45, 2.75) is 60.3 Å². The molecule has 0 bridgehead atoms. The van der Waals surface area contributed by atoms with E-state index in [1.807, 2.05) is 0 Å². The zero-order valence-electron chi connectivity index (χ0n) is 13.7. The van der Waals surface area contributed by atoms with Gasteiger partial charge in [-0.1, -0.05) is 39.7 Å². The number of Topliss-reactive ketones (excluding diaryl/α,β-unsaturated/α-hetero) is 1. The van der Waals surface area contributed by atoms with Crippen molar-refractivity contribution in [2.75, 3.05) is 11.9 Å². The van der Waals surface area contributed by atoms with Gasteiger partial charge < -0.3 is 5.32 Å². The molecule has 0 aromatic heterocycles.